The van der Waals surface area contributed by atoms with Crippen LogP contribution in [-0.2, 0) is 11.3 Å². The number of hydrogen-bond acceptors (Lipinski definition) is 4. The minimum absolute atomic E-state index is 0.321. The fraction of sp³-hybridized carbons (Fsp3) is 0.524. The summed E-state index contributed by atoms with van der Waals surface area (Å²) in [6.45, 7) is 2.31. The van der Waals surface area contributed by atoms with Crippen molar-refractivity contribution < 1.29 is 9.15 Å². The van der Waals surface area contributed by atoms with E-state index in [1.165, 1.54) is 25.7 Å². The van der Waals surface area contributed by atoms with Crippen molar-refractivity contribution in [3.05, 3.63) is 42.3 Å². The topological polar surface area (TPSA) is 71.7 Å². The number of oxazole rings is 1. The fourth-order valence-electron chi connectivity index (χ4n) is 3.73. The Balaban J connectivity index is 1.51. The summed E-state index contributed by atoms with van der Waals surface area (Å²) in [7, 11) is 3.57. The van der Waals surface area contributed by atoms with Gasteiger partial charge in [-0.25, -0.2) is 4.98 Å². The minimum atomic E-state index is 0.321. The first-order valence-corrected chi connectivity index (χ1v) is 9.68. The van der Waals surface area contributed by atoms with Crippen LogP contribution in [0.15, 0.2) is 46.0 Å². The van der Waals surface area contributed by atoms with Crippen molar-refractivity contribution in [3.63, 3.8) is 0 Å². The van der Waals surface area contributed by atoms with Crippen molar-refractivity contribution in [2.45, 2.75) is 38.6 Å². The molecule has 6 nitrogen and oxygen atoms in total. The van der Waals surface area contributed by atoms with Gasteiger partial charge in [0.1, 0.15) is 6.26 Å². The largest absolute Gasteiger partial charge is 0.444 e. The average molecular weight is 370 g/mol. The van der Waals surface area contributed by atoms with E-state index >= 15 is 0 Å². The van der Waals surface area contributed by atoms with Gasteiger partial charge in [0.05, 0.1) is 12.2 Å². The van der Waals surface area contributed by atoms with Gasteiger partial charge in [-0.2, -0.15) is 0 Å². The maximum Gasteiger partial charge on any atom is 0.226 e. The maximum atomic E-state index is 5.59. The molecule has 6 heteroatoms. The van der Waals surface area contributed by atoms with E-state index < -0.39 is 0 Å². The summed E-state index contributed by atoms with van der Waals surface area (Å²) in [6.07, 6.45) is 7.91. The summed E-state index contributed by atoms with van der Waals surface area (Å²) in [5.41, 5.74) is 2.15. The highest BCUT2D eigenvalue weighted by molar-refractivity contribution is 5.79. The van der Waals surface area contributed by atoms with E-state index in [2.05, 4.69) is 20.6 Å². The number of ether oxygens (including phenoxy) is 1. The quantitative estimate of drug-likeness (QED) is 0.549. The summed E-state index contributed by atoms with van der Waals surface area (Å²) >= 11 is 0. The Hall–Kier alpha value is -2.34. The number of rotatable bonds is 8. The summed E-state index contributed by atoms with van der Waals surface area (Å²) in [5.74, 6) is 1.43. The Kier molecular flexibility index (Phi) is 6.87. The van der Waals surface area contributed by atoms with E-state index in [0.717, 1.165) is 36.8 Å². The summed E-state index contributed by atoms with van der Waals surface area (Å²) in [6, 6.07) is 9.92. The van der Waals surface area contributed by atoms with Crippen LogP contribution in [0.2, 0.25) is 0 Å². The van der Waals surface area contributed by atoms with Crippen molar-refractivity contribution in [1.29, 1.82) is 0 Å². The van der Waals surface area contributed by atoms with E-state index in [1.54, 1.807) is 20.4 Å². The second kappa shape index (κ2) is 9.55. The predicted molar refractivity (Wildman–Crippen MR) is 108 cm³/mol. The normalized spacial score (nSPS) is 16.4. The van der Waals surface area contributed by atoms with E-state index in [-0.39, 0.29) is 0 Å². The molecule has 1 saturated carbocycles. The Morgan fingerprint density at radius 3 is 2.70 bits per heavy atom. The van der Waals surface area contributed by atoms with Gasteiger partial charge in [0.15, 0.2) is 5.96 Å². The number of aromatic nitrogens is 1. The lowest BCUT2D eigenvalue weighted by Gasteiger charge is -2.29. The van der Waals surface area contributed by atoms with Crippen LogP contribution in [0.3, 0.4) is 0 Å². The third kappa shape index (κ3) is 5.32. The van der Waals surface area contributed by atoms with Gasteiger partial charge in [0.2, 0.25) is 5.89 Å². The van der Waals surface area contributed by atoms with E-state index in [0.29, 0.717) is 17.9 Å². The number of benzene rings is 1. The predicted octanol–water partition coefficient (Wildman–Crippen LogP) is 3.60. The van der Waals surface area contributed by atoms with Gasteiger partial charge in [-0.15, -0.1) is 0 Å². The molecule has 1 aromatic carbocycles. The summed E-state index contributed by atoms with van der Waals surface area (Å²) < 4.78 is 10.9. The van der Waals surface area contributed by atoms with Crippen LogP contribution in [0, 0.1) is 5.41 Å². The lowest BCUT2D eigenvalue weighted by Crippen LogP contribution is -2.43. The molecule has 0 saturated heterocycles. The Morgan fingerprint density at radius 1 is 1.22 bits per heavy atom. The van der Waals surface area contributed by atoms with Gasteiger partial charge in [0, 0.05) is 32.9 Å². The number of guanidine groups is 1. The molecule has 0 aliphatic heterocycles. The highest BCUT2D eigenvalue weighted by Gasteiger charge is 2.33. The van der Waals surface area contributed by atoms with Crippen molar-refractivity contribution in [2.75, 3.05) is 27.3 Å². The highest BCUT2D eigenvalue weighted by atomic mass is 16.5. The number of hydrogen-bond donors (Lipinski definition) is 2. The number of methoxy groups -OCH3 is 1. The smallest absolute Gasteiger partial charge is 0.226 e. The first-order chi connectivity index (χ1) is 13.2. The zero-order valence-corrected chi connectivity index (χ0v) is 16.3. The molecule has 0 atom stereocenters. The number of aliphatic imine (C=N–C) groups is 1. The average Bonchev–Trinajstić information content (AvgIpc) is 3.37. The second-order valence-corrected chi connectivity index (χ2v) is 7.24. The zero-order chi connectivity index (χ0) is 19.0. The first kappa shape index (κ1) is 19.4. The molecular formula is C21H30N4O2. The third-order valence-electron chi connectivity index (χ3n) is 5.36. The minimum Gasteiger partial charge on any atom is -0.444 e. The van der Waals surface area contributed by atoms with Gasteiger partial charge in [-0.1, -0.05) is 31.0 Å². The molecule has 1 fully saturated rings. The lowest BCUT2D eigenvalue weighted by molar-refractivity contribution is 0.138. The molecule has 1 aliphatic carbocycles. The van der Waals surface area contributed by atoms with Crippen LogP contribution in [-0.4, -0.2) is 38.3 Å². The van der Waals surface area contributed by atoms with Crippen molar-refractivity contribution in [3.8, 4) is 11.5 Å². The van der Waals surface area contributed by atoms with E-state index in [9.17, 15) is 0 Å². The molecule has 0 bridgehead atoms. The summed E-state index contributed by atoms with van der Waals surface area (Å²) in [4.78, 5) is 8.90. The Labute approximate surface area is 161 Å². The van der Waals surface area contributed by atoms with Crippen LogP contribution in [0.1, 0.15) is 37.8 Å². The van der Waals surface area contributed by atoms with Crippen LogP contribution >= 0.6 is 0 Å². The molecule has 2 aromatic rings. The van der Waals surface area contributed by atoms with Gasteiger partial charge in [0.25, 0.3) is 0 Å². The van der Waals surface area contributed by atoms with Gasteiger partial charge in [-0.05, 0) is 36.8 Å². The fourth-order valence-corrected chi connectivity index (χ4v) is 3.73. The van der Waals surface area contributed by atoms with Crippen LogP contribution in [0.5, 0.6) is 0 Å². The van der Waals surface area contributed by atoms with E-state index in [4.69, 9.17) is 9.15 Å². The molecule has 1 heterocycles. The zero-order valence-electron chi connectivity index (χ0n) is 16.3. The van der Waals surface area contributed by atoms with E-state index in [1.807, 2.05) is 30.3 Å². The lowest BCUT2D eigenvalue weighted by atomic mass is 9.83. The molecule has 1 aromatic heterocycles. The second-order valence-electron chi connectivity index (χ2n) is 7.24. The van der Waals surface area contributed by atoms with Gasteiger partial charge in [-0.3, -0.25) is 4.99 Å². The molecule has 3 rings (SSSR count). The monoisotopic (exact) mass is 370 g/mol. The molecule has 0 spiro atoms. The summed E-state index contributed by atoms with van der Waals surface area (Å²) in [5, 5.41) is 6.83. The molecule has 146 valence electrons. The standard InChI is InChI=1S/C21H30N4O2/c1-22-20(24-16-21(12-13-26-2)10-6-7-11-21)23-14-18-15-27-19(25-18)17-8-4-3-5-9-17/h3-5,8-9,15H,6-7,10-14,16H2,1-2H3,(H2,22,23,24). The maximum absolute atomic E-state index is 5.59. The number of nitrogens with zero attached hydrogens (tertiary/aromatic N) is 2. The van der Waals surface area contributed by atoms with Crippen LogP contribution < -0.4 is 10.6 Å². The van der Waals surface area contributed by atoms with Crippen molar-refractivity contribution in [2.24, 2.45) is 10.4 Å². The third-order valence-corrected chi connectivity index (χ3v) is 5.36. The molecule has 1 aliphatic rings. The molecular weight excluding hydrogens is 340 g/mol. The first-order valence-electron chi connectivity index (χ1n) is 9.68. The molecule has 2 N–H and O–H groups in total. The van der Waals surface area contributed by atoms with Gasteiger partial charge >= 0.3 is 0 Å². The van der Waals surface area contributed by atoms with Crippen molar-refractivity contribution in [1.82, 2.24) is 15.6 Å². The SMILES string of the molecule is CN=C(NCc1coc(-c2ccccc2)n1)NCC1(CCOC)CCCC1. The van der Waals surface area contributed by atoms with Crippen LogP contribution in [0.25, 0.3) is 11.5 Å². The molecule has 0 radical (unpaired) electrons. The Bertz CT molecular complexity index is 721. The Morgan fingerprint density at radius 2 is 2.00 bits per heavy atom. The molecule has 0 amide bonds. The molecule has 0 unspecified atom stereocenters. The highest BCUT2D eigenvalue weighted by Crippen LogP contribution is 2.40. The van der Waals surface area contributed by atoms with Crippen LogP contribution in [0.4, 0.5) is 0 Å². The molecule has 27 heavy (non-hydrogen) atoms. The number of nitrogens with one attached hydrogen (secondary N) is 2. The van der Waals surface area contributed by atoms with Crippen molar-refractivity contribution >= 4 is 5.96 Å². The van der Waals surface area contributed by atoms with Gasteiger partial charge < -0.3 is 19.8 Å².